The lowest BCUT2D eigenvalue weighted by atomic mass is 10.1. The van der Waals surface area contributed by atoms with E-state index in [-0.39, 0.29) is 5.28 Å². The Morgan fingerprint density at radius 2 is 1.84 bits per heavy atom. The van der Waals surface area contributed by atoms with Crippen LogP contribution < -0.4 is 10.2 Å². The molecule has 104 valence electrons. The Morgan fingerprint density at radius 3 is 2.58 bits per heavy atom. The van der Waals surface area contributed by atoms with Crippen LogP contribution in [0.4, 0.5) is 11.9 Å². The Morgan fingerprint density at radius 1 is 1.11 bits per heavy atom. The lowest BCUT2D eigenvalue weighted by molar-refractivity contribution is 0.0903. The largest absolute Gasteiger partial charge is 0.381 e. The summed E-state index contributed by atoms with van der Waals surface area (Å²) in [6.45, 7) is 3.57. The van der Waals surface area contributed by atoms with Crippen molar-refractivity contribution in [2.45, 2.75) is 31.7 Å². The van der Waals surface area contributed by atoms with Gasteiger partial charge < -0.3 is 15.0 Å². The Hall–Kier alpha value is -1.14. The maximum Gasteiger partial charge on any atom is 0.231 e. The first-order chi connectivity index (χ1) is 9.31. The number of nitrogens with one attached hydrogen (secondary N) is 1. The molecule has 3 rings (SSSR count). The van der Waals surface area contributed by atoms with Crippen LogP contribution in [0.1, 0.15) is 25.7 Å². The van der Waals surface area contributed by atoms with Crippen molar-refractivity contribution in [2.24, 2.45) is 0 Å². The average molecular weight is 284 g/mol. The van der Waals surface area contributed by atoms with Crippen LogP contribution in [0.15, 0.2) is 0 Å². The van der Waals surface area contributed by atoms with Crippen LogP contribution in [0.2, 0.25) is 5.28 Å². The first-order valence-electron chi connectivity index (χ1n) is 6.82. The molecule has 1 N–H and O–H groups in total. The summed E-state index contributed by atoms with van der Waals surface area (Å²) >= 11 is 5.99. The lowest BCUT2D eigenvalue weighted by Gasteiger charge is -2.23. The molecule has 19 heavy (non-hydrogen) atoms. The van der Waals surface area contributed by atoms with E-state index in [9.17, 15) is 0 Å². The monoisotopic (exact) mass is 283 g/mol. The molecule has 0 atom stereocenters. The summed E-state index contributed by atoms with van der Waals surface area (Å²) in [7, 11) is 0. The van der Waals surface area contributed by atoms with Crippen LogP contribution in [0, 0.1) is 0 Å². The van der Waals surface area contributed by atoms with E-state index >= 15 is 0 Å². The van der Waals surface area contributed by atoms with Crippen molar-refractivity contribution in [2.75, 3.05) is 36.5 Å². The predicted octanol–water partition coefficient (Wildman–Crippen LogP) is 1.72. The van der Waals surface area contributed by atoms with Crippen molar-refractivity contribution >= 4 is 23.5 Å². The molecule has 2 fully saturated rings. The Labute approximate surface area is 117 Å². The van der Waals surface area contributed by atoms with E-state index in [2.05, 4.69) is 25.2 Å². The minimum absolute atomic E-state index is 0.256. The molecule has 7 heteroatoms. The second-order valence-corrected chi connectivity index (χ2v) is 5.29. The van der Waals surface area contributed by atoms with Crippen LogP contribution >= 0.6 is 11.6 Å². The Balaban J connectivity index is 1.73. The normalized spacial score (nSPS) is 20.8. The molecule has 0 amide bonds. The van der Waals surface area contributed by atoms with Crippen LogP contribution in [-0.4, -0.2) is 47.3 Å². The summed E-state index contributed by atoms with van der Waals surface area (Å²) in [5.41, 5.74) is 0. The van der Waals surface area contributed by atoms with Gasteiger partial charge in [0.25, 0.3) is 0 Å². The fraction of sp³-hybridized carbons (Fsp3) is 0.750. The average Bonchev–Trinajstić information content (AvgIpc) is 2.93. The van der Waals surface area contributed by atoms with Crippen molar-refractivity contribution < 1.29 is 4.74 Å². The van der Waals surface area contributed by atoms with Gasteiger partial charge in [-0.2, -0.15) is 15.0 Å². The minimum Gasteiger partial charge on any atom is -0.381 e. The van der Waals surface area contributed by atoms with Crippen LogP contribution in [0.25, 0.3) is 0 Å². The summed E-state index contributed by atoms with van der Waals surface area (Å²) in [5, 5.41) is 3.59. The van der Waals surface area contributed by atoms with Gasteiger partial charge in [-0.1, -0.05) is 0 Å². The van der Waals surface area contributed by atoms with Gasteiger partial charge >= 0.3 is 0 Å². The molecule has 0 saturated carbocycles. The summed E-state index contributed by atoms with van der Waals surface area (Å²) in [6.07, 6.45) is 4.32. The standard InChI is InChI=1S/C12H18ClN5O/c13-10-15-11(14-9-3-7-19-8-4-9)17-12(16-10)18-5-1-2-6-18/h9H,1-8H2,(H,14,15,16,17). The van der Waals surface area contributed by atoms with Gasteiger partial charge in [-0.15, -0.1) is 0 Å². The highest BCUT2D eigenvalue weighted by Crippen LogP contribution is 2.20. The number of anilines is 2. The highest BCUT2D eigenvalue weighted by molar-refractivity contribution is 6.28. The predicted molar refractivity (Wildman–Crippen MR) is 73.7 cm³/mol. The zero-order valence-corrected chi connectivity index (χ0v) is 11.6. The SMILES string of the molecule is Clc1nc(NC2CCOCC2)nc(N2CCCC2)n1. The number of aromatic nitrogens is 3. The number of rotatable bonds is 3. The molecule has 0 spiro atoms. The summed E-state index contributed by atoms with van der Waals surface area (Å²) in [5.74, 6) is 1.26. The molecular weight excluding hydrogens is 266 g/mol. The zero-order chi connectivity index (χ0) is 13.1. The summed E-state index contributed by atoms with van der Waals surface area (Å²) in [4.78, 5) is 15.0. The molecule has 1 aromatic rings. The maximum absolute atomic E-state index is 5.99. The molecule has 0 bridgehead atoms. The number of hydrogen-bond acceptors (Lipinski definition) is 6. The van der Waals surface area contributed by atoms with E-state index in [0.29, 0.717) is 17.9 Å². The van der Waals surface area contributed by atoms with Gasteiger partial charge in [0, 0.05) is 32.3 Å². The molecule has 2 aliphatic heterocycles. The summed E-state index contributed by atoms with van der Waals surface area (Å²) in [6, 6.07) is 0.360. The van der Waals surface area contributed by atoms with Gasteiger partial charge in [-0.05, 0) is 37.3 Å². The second-order valence-electron chi connectivity index (χ2n) is 4.95. The highest BCUT2D eigenvalue weighted by Gasteiger charge is 2.19. The minimum atomic E-state index is 0.256. The lowest BCUT2D eigenvalue weighted by Crippen LogP contribution is -2.29. The first kappa shape index (κ1) is 12.9. The van der Waals surface area contributed by atoms with Gasteiger partial charge in [0.2, 0.25) is 17.2 Å². The number of ether oxygens (including phenoxy) is 1. The van der Waals surface area contributed by atoms with E-state index in [1.54, 1.807) is 0 Å². The molecule has 0 unspecified atom stereocenters. The third-order valence-corrected chi connectivity index (χ3v) is 3.71. The molecule has 2 aliphatic rings. The fourth-order valence-electron chi connectivity index (χ4n) is 2.49. The second kappa shape index (κ2) is 5.88. The molecule has 0 radical (unpaired) electrons. The number of nitrogens with zero attached hydrogens (tertiary/aromatic N) is 4. The molecular formula is C12H18ClN5O. The fourth-order valence-corrected chi connectivity index (χ4v) is 2.64. The van der Waals surface area contributed by atoms with E-state index in [0.717, 1.165) is 39.1 Å². The van der Waals surface area contributed by atoms with Crippen molar-refractivity contribution in [1.82, 2.24) is 15.0 Å². The number of halogens is 1. The zero-order valence-electron chi connectivity index (χ0n) is 10.8. The van der Waals surface area contributed by atoms with Crippen molar-refractivity contribution in [3.05, 3.63) is 5.28 Å². The van der Waals surface area contributed by atoms with Gasteiger partial charge in [0.05, 0.1) is 0 Å². The summed E-state index contributed by atoms with van der Waals surface area (Å²) < 4.78 is 5.34. The molecule has 1 aromatic heterocycles. The van der Waals surface area contributed by atoms with Gasteiger partial charge in [0.1, 0.15) is 0 Å². The van der Waals surface area contributed by atoms with Crippen molar-refractivity contribution in [1.29, 1.82) is 0 Å². The van der Waals surface area contributed by atoms with Gasteiger partial charge in [0.15, 0.2) is 0 Å². The molecule has 0 aromatic carbocycles. The molecule has 6 nitrogen and oxygen atoms in total. The van der Waals surface area contributed by atoms with Gasteiger partial charge in [-0.25, -0.2) is 0 Å². The van der Waals surface area contributed by atoms with E-state index in [4.69, 9.17) is 16.3 Å². The van der Waals surface area contributed by atoms with Crippen molar-refractivity contribution in [3.8, 4) is 0 Å². The third-order valence-electron chi connectivity index (χ3n) is 3.54. The Bertz CT molecular complexity index is 432. The first-order valence-corrected chi connectivity index (χ1v) is 7.20. The van der Waals surface area contributed by atoms with E-state index < -0.39 is 0 Å². The van der Waals surface area contributed by atoms with Crippen LogP contribution in [0.3, 0.4) is 0 Å². The van der Waals surface area contributed by atoms with E-state index in [1.807, 2.05) is 0 Å². The van der Waals surface area contributed by atoms with Crippen LogP contribution in [-0.2, 0) is 4.74 Å². The van der Waals surface area contributed by atoms with Crippen molar-refractivity contribution in [3.63, 3.8) is 0 Å². The maximum atomic E-state index is 5.99. The highest BCUT2D eigenvalue weighted by atomic mass is 35.5. The van der Waals surface area contributed by atoms with Crippen LogP contribution in [0.5, 0.6) is 0 Å². The molecule has 3 heterocycles. The number of hydrogen-bond donors (Lipinski definition) is 1. The third kappa shape index (κ3) is 3.25. The smallest absolute Gasteiger partial charge is 0.231 e. The Kier molecular flexibility index (Phi) is 3.98. The molecule has 2 saturated heterocycles. The topological polar surface area (TPSA) is 63.2 Å². The molecule has 0 aliphatic carbocycles. The quantitative estimate of drug-likeness (QED) is 0.911. The van der Waals surface area contributed by atoms with Gasteiger partial charge in [-0.3, -0.25) is 0 Å². The van der Waals surface area contributed by atoms with E-state index in [1.165, 1.54) is 12.8 Å².